The molecule has 1 fully saturated rings. The van der Waals surface area contributed by atoms with Crippen LogP contribution in [0.2, 0.25) is 0 Å². The molecule has 0 aliphatic carbocycles. The van der Waals surface area contributed by atoms with Crippen LogP contribution in [-0.2, 0) is 4.79 Å². The Morgan fingerprint density at radius 1 is 1.30 bits per heavy atom. The molecule has 1 aromatic carbocycles. The van der Waals surface area contributed by atoms with Crippen molar-refractivity contribution >= 4 is 17.3 Å². The van der Waals surface area contributed by atoms with E-state index in [4.69, 9.17) is 5.73 Å². The average molecular weight is 276 g/mol. The second-order valence-electron chi connectivity index (χ2n) is 5.50. The number of carbonyl (C=O) groups is 1. The molecule has 5 nitrogen and oxygen atoms in total. The summed E-state index contributed by atoms with van der Waals surface area (Å²) in [4.78, 5) is 16.6. The number of benzene rings is 1. The fraction of sp³-hybridized carbons (Fsp3) is 0.533. The first kappa shape index (κ1) is 14.8. The van der Waals surface area contributed by atoms with Gasteiger partial charge in [-0.15, -0.1) is 0 Å². The molecule has 1 aliphatic rings. The molecule has 1 heterocycles. The van der Waals surface area contributed by atoms with Gasteiger partial charge in [-0.3, -0.25) is 9.69 Å². The van der Waals surface area contributed by atoms with E-state index in [1.165, 1.54) is 0 Å². The zero-order chi connectivity index (χ0) is 14.5. The molecule has 1 aliphatic heterocycles. The summed E-state index contributed by atoms with van der Waals surface area (Å²) >= 11 is 0. The topological polar surface area (TPSA) is 61.6 Å². The monoisotopic (exact) mass is 276 g/mol. The molecule has 110 valence electrons. The van der Waals surface area contributed by atoms with Crippen LogP contribution < -0.4 is 11.1 Å². The summed E-state index contributed by atoms with van der Waals surface area (Å²) < 4.78 is 0. The number of hydrogen-bond acceptors (Lipinski definition) is 4. The molecular formula is C15H24N4O. The van der Waals surface area contributed by atoms with Gasteiger partial charge in [-0.25, -0.2) is 0 Å². The van der Waals surface area contributed by atoms with Crippen LogP contribution in [0.3, 0.4) is 0 Å². The Labute approximate surface area is 120 Å². The molecular weight excluding hydrogens is 252 g/mol. The minimum atomic E-state index is 0.0308. The minimum Gasteiger partial charge on any atom is -0.398 e. The number of anilines is 2. The smallest absolute Gasteiger partial charge is 0.238 e. The highest BCUT2D eigenvalue weighted by molar-refractivity contribution is 5.93. The van der Waals surface area contributed by atoms with Crippen molar-refractivity contribution < 1.29 is 4.79 Å². The van der Waals surface area contributed by atoms with Crippen LogP contribution in [0, 0.1) is 6.92 Å². The van der Waals surface area contributed by atoms with Gasteiger partial charge in [-0.1, -0.05) is 6.07 Å². The molecule has 1 amide bonds. The van der Waals surface area contributed by atoms with Crippen molar-refractivity contribution in [3.8, 4) is 0 Å². The highest BCUT2D eigenvalue weighted by atomic mass is 16.2. The molecule has 0 aromatic heterocycles. The lowest BCUT2D eigenvalue weighted by Gasteiger charge is -2.20. The highest BCUT2D eigenvalue weighted by Gasteiger charge is 2.15. The average Bonchev–Trinajstić information content (AvgIpc) is 2.60. The predicted molar refractivity (Wildman–Crippen MR) is 82.8 cm³/mol. The molecule has 5 heteroatoms. The molecule has 20 heavy (non-hydrogen) atoms. The van der Waals surface area contributed by atoms with Crippen molar-refractivity contribution in [3.63, 3.8) is 0 Å². The molecule has 3 N–H and O–H groups in total. The number of nitrogens with one attached hydrogen (secondary N) is 1. The van der Waals surface area contributed by atoms with Gasteiger partial charge < -0.3 is 16.0 Å². The summed E-state index contributed by atoms with van der Waals surface area (Å²) in [7, 11) is 2.12. The fourth-order valence-electron chi connectivity index (χ4n) is 2.44. The van der Waals surface area contributed by atoms with Crippen molar-refractivity contribution in [2.45, 2.75) is 13.3 Å². The largest absolute Gasteiger partial charge is 0.398 e. The number of nitrogens with two attached hydrogens (primary N) is 1. The molecule has 0 radical (unpaired) electrons. The standard InChI is InChI=1S/C15H24N4O/c1-12-13(16)5-3-6-14(12)17-15(20)11-19-8-4-7-18(2)9-10-19/h3,5-6H,4,7-11,16H2,1-2H3,(H,17,20). The lowest BCUT2D eigenvalue weighted by molar-refractivity contribution is -0.117. The highest BCUT2D eigenvalue weighted by Crippen LogP contribution is 2.20. The van der Waals surface area contributed by atoms with Crippen LogP contribution in [0.1, 0.15) is 12.0 Å². The van der Waals surface area contributed by atoms with E-state index in [1.807, 2.05) is 25.1 Å². The van der Waals surface area contributed by atoms with E-state index in [0.29, 0.717) is 12.2 Å². The second-order valence-corrected chi connectivity index (χ2v) is 5.50. The summed E-state index contributed by atoms with van der Waals surface area (Å²) in [5.41, 5.74) is 8.29. The lowest BCUT2D eigenvalue weighted by Crippen LogP contribution is -2.36. The first-order valence-corrected chi connectivity index (χ1v) is 7.12. The molecule has 1 aromatic rings. The molecule has 0 bridgehead atoms. The number of likely N-dealkylation sites (N-methyl/N-ethyl adjacent to an activating group) is 1. The number of rotatable bonds is 3. The Morgan fingerprint density at radius 2 is 2.10 bits per heavy atom. The van der Waals surface area contributed by atoms with Crippen LogP contribution in [0.25, 0.3) is 0 Å². The Bertz CT molecular complexity index is 475. The Balaban J connectivity index is 1.90. The third kappa shape index (κ3) is 3.95. The third-order valence-electron chi connectivity index (χ3n) is 3.83. The SMILES string of the molecule is Cc1c(N)cccc1NC(=O)CN1CCCN(C)CC1. The van der Waals surface area contributed by atoms with Crippen LogP contribution in [0.5, 0.6) is 0 Å². The van der Waals surface area contributed by atoms with Gasteiger partial charge in [-0.05, 0) is 51.2 Å². The van der Waals surface area contributed by atoms with Gasteiger partial charge in [0.2, 0.25) is 5.91 Å². The second kappa shape index (κ2) is 6.72. The summed E-state index contributed by atoms with van der Waals surface area (Å²) in [6.07, 6.45) is 1.11. The van der Waals surface area contributed by atoms with Crippen molar-refractivity contribution in [2.24, 2.45) is 0 Å². The fourth-order valence-corrected chi connectivity index (χ4v) is 2.44. The van der Waals surface area contributed by atoms with Gasteiger partial charge in [0, 0.05) is 24.5 Å². The molecule has 0 atom stereocenters. The zero-order valence-electron chi connectivity index (χ0n) is 12.4. The van der Waals surface area contributed by atoms with Crippen LogP contribution in [-0.4, -0.2) is 55.5 Å². The molecule has 0 spiro atoms. The molecule has 0 saturated carbocycles. The maximum atomic E-state index is 12.1. The first-order chi connectivity index (χ1) is 9.56. The van der Waals surface area contributed by atoms with E-state index < -0.39 is 0 Å². The quantitative estimate of drug-likeness (QED) is 0.813. The number of amides is 1. The van der Waals surface area contributed by atoms with Gasteiger partial charge in [0.05, 0.1) is 6.54 Å². The van der Waals surface area contributed by atoms with Crippen molar-refractivity contribution in [1.29, 1.82) is 0 Å². The summed E-state index contributed by atoms with van der Waals surface area (Å²) in [5.74, 6) is 0.0308. The van der Waals surface area contributed by atoms with E-state index in [1.54, 1.807) is 0 Å². The van der Waals surface area contributed by atoms with Gasteiger partial charge >= 0.3 is 0 Å². The summed E-state index contributed by atoms with van der Waals surface area (Å²) in [5, 5.41) is 2.96. The molecule has 0 unspecified atom stereocenters. The Hall–Kier alpha value is -1.59. The first-order valence-electron chi connectivity index (χ1n) is 7.12. The summed E-state index contributed by atoms with van der Waals surface area (Å²) in [6.45, 7) is 6.42. The third-order valence-corrected chi connectivity index (χ3v) is 3.83. The van der Waals surface area contributed by atoms with Gasteiger partial charge in [0.1, 0.15) is 0 Å². The zero-order valence-corrected chi connectivity index (χ0v) is 12.4. The van der Waals surface area contributed by atoms with E-state index >= 15 is 0 Å². The number of hydrogen-bond donors (Lipinski definition) is 2. The maximum Gasteiger partial charge on any atom is 0.238 e. The number of carbonyl (C=O) groups excluding carboxylic acids is 1. The molecule has 1 saturated heterocycles. The normalized spacial score (nSPS) is 17.7. The van der Waals surface area contributed by atoms with E-state index in [-0.39, 0.29) is 5.91 Å². The van der Waals surface area contributed by atoms with Gasteiger partial charge in [0.15, 0.2) is 0 Å². The summed E-state index contributed by atoms with van der Waals surface area (Å²) in [6, 6.07) is 5.59. The van der Waals surface area contributed by atoms with Crippen molar-refractivity contribution in [2.75, 3.05) is 50.8 Å². The lowest BCUT2D eigenvalue weighted by atomic mass is 10.1. The van der Waals surface area contributed by atoms with E-state index in [0.717, 1.165) is 43.9 Å². The number of nitrogens with zero attached hydrogens (tertiary/aromatic N) is 2. The number of nitrogen functional groups attached to an aromatic ring is 1. The Kier molecular flexibility index (Phi) is 4.98. The van der Waals surface area contributed by atoms with Crippen molar-refractivity contribution in [3.05, 3.63) is 23.8 Å². The minimum absolute atomic E-state index is 0.0308. The van der Waals surface area contributed by atoms with E-state index in [2.05, 4.69) is 22.2 Å². The van der Waals surface area contributed by atoms with E-state index in [9.17, 15) is 4.79 Å². The molecule has 2 rings (SSSR count). The maximum absolute atomic E-state index is 12.1. The van der Waals surface area contributed by atoms with Crippen LogP contribution in [0.4, 0.5) is 11.4 Å². The van der Waals surface area contributed by atoms with Gasteiger partial charge in [0.25, 0.3) is 0 Å². The van der Waals surface area contributed by atoms with Crippen LogP contribution in [0.15, 0.2) is 18.2 Å². The van der Waals surface area contributed by atoms with Crippen LogP contribution >= 0.6 is 0 Å². The predicted octanol–water partition coefficient (Wildman–Crippen LogP) is 1.15. The van der Waals surface area contributed by atoms with Crippen molar-refractivity contribution in [1.82, 2.24) is 9.80 Å². The van der Waals surface area contributed by atoms with Gasteiger partial charge in [-0.2, -0.15) is 0 Å². The Morgan fingerprint density at radius 3 is 2.90 bits per heavy atom.